The lowest BCUT2D eigenvalue weighted by molar-refractivity contribution is 0.717. The third-order valence-electron chi connectivity index (χ3n) is 3.35. The molecule has 0 radical (unpaired) electrons. The van der Waals surface area contributed by atoms with Gasteiger partial charge in [0.2, 0.25) is 0 Å². The van der Waals surface area contributed by atoms with Crippen LogP contribution in [0.5, 0.6) is 0 Å². The maximum absolute atomic E-state index is 3.43. The lowest BCUT2D eigenvalue weighted by Gasteiger charge is -2.12. The number of aryl methyl sites for hydroxylation is 3. The molecule has 106 valence electrons. The van der Waals surface area contributed by atoms with Crippen molar-refractivity contribution in [1.29, 1.82) is 0 Å². The van der Waals surface area contributed by atoms with Gasteiger partial charge < -0.3 is 5.32 Å². The number of nitrogens with one attached hydrogen (secondary N) is 1. The number of hydrogen-bond acceptors (Lipinski definition) is 2. The van der Waals surface area contributed by atoms with Crippen molar-refractivity contribution in [2.24, 2.45) is 0 Å². The molecule has 0 aliphatic heterocycles. The summed E-state index contributed by atoms with van der Waals surface area (Å²) in [7, 11) is 0. The van der Waals surface area contributed by atoms with Gasteiger partial charge in [0.25, 0.3) is 0 Å². The quantitative estimate of drug-likeness (QED) is 0.841. The van der Waals surface area contributed by atoms with Gasteiger partial charge in [0, 0.05) is 16.3 Å². The average Bonchev–Trinajstić information content (AvgIpc) is 2.43. The highest BCUT2D eigenvalue weighted by Crippen LogP contribution is 2.33. The molecule has 2 aromatic rings. The Kier molecular flexibility index (Phi) is 5.27. The van der Waals surface area contributed by atoms with E-state index >= 15 is 0 Å². The third-order valence-corrected chi connectivity index (χ3v) is 4.62. The molecule has 2 rings (SSSR count). The van der Waals surface area contributed by atoms with Crippen molar-refractivity contribution in [3.63, 3.8) is 0 Å². The highest BCUT2D eigenvalue weighted by Gasteiger charge is 2.07. The van der Waals surface area contributed by atoms with Crippen LogP contribution >= 0.6 is 11.8 Å². The molecule has 0 spiro atoms. The summed E-state index contributed by atoms with van der Waals surface area (Å²) in [5.41, 5.74) is 5.37. The standard InChI is InChI=1S/C18H23NS/c1-5-19-12-16-10-13(2)7-9-17(16)20-18-11-14(3)6-8-15(18)4/h6-11,19H,5,12H2,1-4H3. The van der Waals surface area contributed by atoms with E-state index in [1.54, 1.807) is 0 Å². The maximum Gasteiger partial charge on any atom is 0.0216 e. The summed E-state index contributed by atoms with van der Waals surface area (Å²) in [4.78, 5) is 2.71. The molecular formula is C18H23NS. The Morgan fingerprint density at radius 3 is 2.35 bits per heavy atom. The maximum atomic E-state index is 3.43. The Morgan fingerprint density at radius 1 is 0.900 bits per heavy atom. The minimum atomic E-state index is 0.936. The summed E-state index contributed by atoms with van der Waals surface area (Å²) in [5, 5.41) is 3.43. The summed E-state index contributed by atoms with van der Waals surface area (Å²) in [6.45, 7) is 10.6. The monoisotopic (exact) mass is 285 g/mol. The second kappa shape index (κ2) is 6.96. The van der Waals surface area contributed by atoms with Crippen LogP contribution in [0.15, 0.2) is 46.2 Å². The first-order chi connectivity index (χ1) is 9.60. The highest BCUT2D eigenvalue weighted by molar-refractivity contribution is 7.99. The molecule has 0 atom stereocenters. The minimum absolute atomic E-state index is 0.936. The number of hydrogen-bond donors (Lipinski definition) is 1. The van der Waals surface area contributed by atoms with Crippen LogP contribution in [0.1, 0.15) is 29.2 Å². The Bertz CT molecular complexity index is 590. The van der Waals surface area contributed by atoms with Gasteiger partial charge in [-0.1, -0.05) is 48.5 Å². The summed E-state index contributed by atoms with van der Waals surface area (Å²) in [5.74, 6) is 0. The first kappa shape index (κ1) is 15.1. The second-order valence-corrected chi connectivity index (χ2v) is 6.35. The zero-order valence-corrected chi connectivity index (χ0v) is 13.6. The van der Waals surface area contributed by atoms with Crippen molar-refractivity contribution < 1.29 is 0 Å². The van der Waals surface area contributed by atoms with Crippen LogP contribution in [0.2, 0.25) is 0 Å². The van der Waals surface area contributed by atoms with Gasteiger partial charge in [0.05, 0.1) is 0 Å². The molecule has 0 unspecified atom stereocenters. The Hall–Kier alpha value is -1.25. The molecule has 2 heteroatoms. The second-order valence-electron chi connectivity index (χ2n) is 5.26. The smallest absolute Gasteiger partial charge is 0.0216 e. The first-order valence-electron chi connectivity index (χ1n) is 7.15. The van der Waals surface area contributed by atoms with Crippen molar-refractivity contribution in [1.82, 2.24) is 5.32 Å². The van der Waals surface area contributed by atoms with Crippen LogP contribution in [-0.2, 0) is 6.54 Å². The predicted molar refractivity (Wildman–Crippen MR) is 88.6 cm³/mol. The molecule has 0 saturated carbocycles. The van der Waals surface area contributed by atoms with E-state index in [1.165, 1.54) is 32.0 Å². The van der Waals surface area contributed by atoms with E-state index in [4.69, 9.17) is 0 Å². The van der Waals surface area contributed by atoms with E-state index in [2.05, 4.69) is 69.4 Å². The van der Waals surface area contributed by atoms with E-state index in [0.29, 0.717) is 0 Å². The molecule has 0 fully saturated rings. The molecule has 0 heterocycles. The van der Waals surface area contributed by atoms with E-state index < -0.39 is 0 Å². The zero-order chi connectivity index (χ0) is 14.5. The lowest BCUT2D eigenvalue weighted by Crippen LogP contribution is -2.12. The predicted octanol–water partition coefficient (Wildman–Crippen LogP) is 4.87. The fraction of sp³-hybridized carbons (Fsp3) is 0.333. The molecule has 2 aromatic carbocycles. The SMILES string of the molecule is CCNCc1cc(C)ccc1Sc1cc(C)ccc1C. The van der Waals surface area contributed by atoms with Crippen LogP contribution in [0.25, 0.3) is 0 Å². The topological polar surface area (TPSA) is 12.0 Å². The zero-order valence-electron chi connectivity index (χ0n) is 12.8. The van der Waals surface area contributed by atoms with Crippen molar-refractivity contribution >= 4 is 11.8 Å². The van der Waals surface area contributed by atoms with Gasteiger partial charge in [-0.05, 0) is 56.1 Å². The lowest BCUT2D eigenvalue weighted by atomic mass is 10.1. The van der Waals surface area contributed by atoms with Gasteiger partial charge in [-0.15, -0.1) is 0 Å². The van der Waals surface area contributed by atoms with Crippen molar-refractivity contribution in [3.05, 3.63) is 58.7 Å². The molecule has 0 bridgehead atoms. The Morgan fingerprint density at radius 2 is 1.60 bits per heavy atom. The van der Waals surface area contributed by atoms with Crippen LogP contribution in [-0.4, -0.2) is 6.54 Å². The molecule has 0 aliphatic rings. The summed E-state index contributed by atoms with van der Waals surface area (Å²) in [6.07, 6.45) is 0. The fourth-order valence-corrected chi connectivity index (χ4v) is 3.25. The third kappa shape index (κ3) is 3.87. The molecule has 0 aliphatic carbocycles. The summed E-state index contributed by atoms with van der Waals surface area (Å²) >= 11 is 1.87. The molecule has 20 heavy (non-hydrogen) atoms. The first-order valence-corrected chi connectivity index (χ1v) is 7.97. The average molecular weight is 285 g/mol. The van der Waals surface area contributed by atoms with Gasteiger partial charge in [-0.2, -0.15) is 0 Å². The van der Waals surface area contributed by atoms with Gasteiger partial charge in [0.1, 0.15) is 0 Å². The van der Waals surface area contributed by atoms with Crippen LogP contribution < -0.4 is 5.32 Å². The Balaban J connectivity index is 2.30. The molecule has 0 saturated heterocycles. The highest BCUT2D eigenvalue weighted by atomic mass is 32.2. The van der Waals surface area contributed by atoms with E-state index in [-0.39, 0.29) is 0 Å². The van der Waals surface area contributed by atoms with Crippen LogP contribution in [0.4, 0.5) is 0 Å². The van der Waals surface area contributed by atoms with Crippen LogP contribution in [0.3, 0.4) is 0 Å². The van der Waals surface area contributed by atoms with E-state index in [9.17, 15) is 0 Å². The summed E-state index contributed by atoms with van der Waals surface area (Å²) in [6, 6.07) is 13.4. The summed E-state index contributed by atoms with van der Waals surface area (Å²) < 4.78 is 0. The number of benzene rings is 2. The number of rotatable bonds is 5. The molecular weight excluding hydrogens is 262 g/mol. The molecule has 1 N–H and O–H groups in total. The van der Waals surface area contributed by atoms with Gasteiger partial charge >= 0.3 is 0 Å². The van der Waals surface area contributed by atoms with Crippen molar-refractivity contribution in [2.45, 2.75) is 44.0 Å². The minimum Gasteiger partial charge on any atom is -0.313 e. The van der Waals surface area contributed by atoms with Crippen molar-refractivity contribution in [3.8, 4) is 0 Å². The Labute approximate surface area is 126 Å². The van der Waals surface area contributed by atoms with Gasteiger partial charge in [0.15, 0.2) is 0 Å². The van der Waals surface area contributed by atoms with Gasteiger partial charge in [-0.25, -0.2) is 0 Å². The normalized spacial score (nSPS) is 10.8. The van der Waals surface area contributed by atoms with Crippen LogP contribution in [0, 0.1) is 20.8 Å². The molecule has 0 amide bonds. The molecule has 0 aromatic heterocycles. The molecule has 1 nitrogen and oxygen atoms in total. The largest absolute Gasteiger partial charge is 0.313 e. The van der Waals surface area contributed by atoms with E-state index in [1.807, 2.05) is 11.8 Å². The van der Waals surface area contributed by atoms with E-state index in [0.717, 1.165) is 13.1 Å². The van der Waals surface area contributed by atoms with Crippen molar-refractivity contribution in [2.75, 3.05) is 6.54 Å². The fourth-order valence-electron chi connectivity index (χ4n) is 2.14. The van der Waals surface area contributed by atoms with Gasteiger partial charge in [-0.3, -0.25) is 0 Å².